The highest BCUT2D eigenvalue weighted by atomic mass is 17.5. The lowest BCUT2D eigenvalue weighted by Crippen LogP contribution is -2.31. The van der Waals surface area contributed by atoms with Crippen molar-refractivity contribution in [2.24, 2.45) is 0 Å². The molecule has 0 aromatic heterocycles. The van der Waals surface area contributed by atoms with E-state index in [0.717, 1.165) is 0 Å². The predicted molar refractivity (Wildman–Crippen MR) is 37.3 cm³/mol. The van der Waals surface area contributed by atoms with E-state index in [2.05, 4.69) is 16.4 Å². The molecule has 1 aliphatic rings. The Morgan fingerprint density at radius 1 is 1.45 bits per heavy atom. The summed E-state index contributed by atoms with van der Waals surface area (Å²) in [6, 6.07) is 0. The van der Waals surface area contributed by atoms with Crippen molar-refractivity contribution in [3.63, 3.8) is 0 Å². The molecule has 0 N–H and O–H groups in total. The summed E-state index contributed by atoms with van der Waals surface area (Å²) in [5, 5.41) is 0. The van der Waals surface area contributed by atoms with Crippen LogP contribution in [0.25, 0.3) is 0 Å². The molecule has 11 heavy (non-hydrogen) atoms. The van der Waals surface area contributed by atoms with Gasteiger partial charge in [-0.05, 0) is 13.8 Å². The highest BCUT2D eigenvalue weighted by Gasteiger charge is 2.55. The van der Waals surface area contributed by atoms with E-state index in [1.54, 1.807) is 6.08 Å². The summed E-state index contributed by atoms with van der Waals surface area (Å²) in [6.07, 6.45) is 0.344. The first kappa shape index (κ1) is 8.67. The van der Waals surface area contributed by atoms with Crippen LogP contribution < -0.4 is 0 Å². The third kappa shape index (κ3) is 2.00. The number of methoxy groups -OCH3 is 1. The zero-order chi connectivity index (χ0) is 8.54. The third-order valence-corrected chi connectivity index (χ3v) is 1.35. The van der Waals surface area contributed by atoms with Gasteiger partial charge in [0.2, 0.25) is 0 Å². The Balaban J connectivity index is 2.47. The molecule has 0 saturated carbocycles. The molecule has 0 atom stereocenters. The minimum Gasteiger partial charge on any atom is -0.303 e. The van der Waals surface area contributed by atoms with E-state index >= 15 is 0 Å². The Morgan fingerprint density at radius 2 is 2.00 bits per heavy atom. The molecule has 0 aliphatic carbocycles. The van der Waals surface area contributed by atoms with E-state index in [-0.39, 0.29) is 0 Å². The van der Waals surface area contributed by atoms with Crippen LogP contribution in [0.4, 0.5) is 0 Å². The van der Waals surface area contributed by atoms with Gasteiger partial charge < -0.3 is 4.74 Å². The molecule has 0 spiro atoms. The molecule has 4 nitrogen and oxygen atoms in total. The summed E-state index contributed by atoms with van der Waals surface area (Å²) in [6.45, 7) is 7.24. The maximum absolute atomic E-state index is 5.25. The highest BCUT2D eigenvalue weighted by molar-refractivity contribution is 4.90. The van der Waals surface area contributed by atoms with Gasteiger partial charge in [-0.2, -0.15) is 0 Å². The minimum atomic E-state index is -1.29. The second-order valence-electron chi connectivity index (χ2n) is 2.78. The van der Waals surface area contributed by atoms with Crippen LogP contribution >= 0.6 is 0 Å². The van der Waals surface area contributed by atoms with Gasteiger partial charge in [0.25, 0.3) is 0 Å². The van der Waals surface area contributed by atoms with Crippen molar-refractivity contribution in [1.82, 2.24) is 0 Å². The topological polar surface area (TPSA) is 43.5 Å². The van der Waals surface area contributed by atoms with Crippen molar-refractivity contribution < 1.29 is 19.2 Å². The first-order valence-electron chi connectivity index (χ1n) is 3.29. The Kier molecular flexibility index (Phi) is 2.02. The summed E-state index contributed by atoms with van der Waals surface area (Å²) >= 11 is 0. The second kappa shape index (κ2) is 2.57. The van der Waals surface area contributed by atoms with Crippen LogP contribution in [0.5, 0.6) is 0 Å². The summed E-state index contributed by atoms with van der Waals surface area (Å²) in [5.41, 5.74) is -0.521. The van der Waals surface area contributed by atoms with Crippen LogP contribution in [0.1, 0.15) is 13.8 Å². The van der Waals surface area contributed by atoms with E-state index in [1.807, 2.05) is 13.8 Å². The van der Waals surface area contributed by atoms with Gasteiger partial charge in [-0.3, -0.25) is 4.74 Å². The van der Waals surface area contributed by atoms with Crippen molar-refractivity contribution >= 4 is 0 Å². The normalized spacial score (nSPS) is 21.4. The number of hydrogen-bond donors (Lipinski definition) is 0. The zero-order valence-corrected chi connectivity index (χ0v) is 6.92. The lowest BCUT2D eigenvalue weighted by molar-refractivity contribution is -0.267. The van der Waals surface area contributed by atoms with E-state index < -0.39 is 11.8 Å². The molecule has 0 amide bonds. The molecule has 1 saturated heterocycles. The molecule has 0 unspecified atom stereocenters. The van der Waals surface area contributed by atoms with Gasteiger partial charge in [-0.15, -0.1) is 16.4 Å². The first-order chi connectivity index (χ1) is 5.04. The van der Waals surface area contributed by atoms with Crippen molar-refractivity contribution in [3.8, 4) is 0 Å². The van der Waals surface area contributed by atoms with E-state index in [1.165, 1.54) is 7.11 Å². The molecule has 0 aromatic rings. The van der Waals surface area contributed by atoms with Crippen molar-refractivity contribution in [2.45, 2.75) is 25.6 Å². The van der Waals surface area contributed by atoms with Crippen LogP contribution in [0.3, 0.4) is 0 Å². The molecular weight excluding hydrogens is 148 g/mol. The second-order valence-corrected chi connectivity index (χ2v) is 2.78. The third-order valence-electron chi connectivity index (χ3n) is 1.35. The monoisotopic (exact) mass is 160 g/mol. The summed E-state index contributed by atoms with van der Waals surface area (Å²) in [7, 11) is 1.44. The Labute approximate surface area is 65.6 Å². The van der Waals surface area contributed by atoms with Gasteiger partial charge in [-0.25, -0.2) is 0 Å². The lowest BCUT2D eigenvalue weighted by Gasteiger charge is -2.21. The number of ether oxygens (including phenoxy) is 2. The van der Waals surface area contributed by atoms with Crippen LogP contribution in [0, 0.1) is 0 Å². The number of hydrogen-bond acceptors (Lipinski definition) is 4. The predicted octanol–water partition coefficient (Wildman–Crippen LogP) is 1.19. The van der Waals surface area contributed by atoms with Gasteiger partial charge in [0.05, 0.1) is 5.60 Å². The van der Waals surface area contributed by atoms with Gasteiger partial charge in [0.1, 0.15) is 0 Å². The lowest BCUT2D eigenvalue weighted by atomic mass is 10.1. The largest absolute Gasteiger partial charge is 0.467 e. The maximum atomic E-state index is 5.25. The quantitative estimate of drug-likeness (QED) is 0.268. The Morgan fingerprint density at radius 3 is 2.27 bits per heavy atom. The molecular formula is C7H12O4. The average Bonchev–Trinajstić information content (AvgIpc) is 2.69. The first-order valence-corrected chi connectivity index (χ1v) is 3.29. The molecule has 0 radical (unpaired) electrons. The molecule has 1 rings (SSSR count). The molecule has 4 heteroatoms. The van der Waals surface area contributed by atoms with Crippen molar-refractivity contribution in [2.75, 3.05) is 7.11 Å². The van der Waals surface area contributed by atoms with E-state index in [4.69, 9.17) is 9.47 Å². The van der Waals surface area contributed by atoms with Gasteiger partial charge in [0, 0.05) is 7.11 Å². The maximum Gasteiger partial charge on any atom is 0.467 e. The fourth-order valence-corrected chi connectivity index (χ4v) is 0.542. The summed E-state index contributed by atoms with van der Waals surface area (Å²) < 4.78 is 10.0. The smallest absolute Gasteiger partial charge is 0.303 e. The molecule has 1 aliphatic heterocycles. The zero-order valence-electron chi connectivity index (χ0n) is 6.92. The Hall–Kier alpha value is -0.420. The Bertz CT molecular complexity index is 160. The van der Waals surface area contributed by atoms with Gasteiger partial charge >= 0.3 is 6.16 Å². The van der Waals surface area contributed by atoms with Crippen molar-refractivity contribution in [3.05, 3.63) is 12.7 Å². The van der Waals surface area contributed by atoms with Gasteiger partial charge in [-0.1, -0.05) is 6.08 Å². The van der Waals surface area contributed by atoms with Crippen LogP contribution in [-0.2, 0) is 19.2 Å². The summed E-state index contributed by atoms with van der Waals surface area (Å²) in [4.78, 5) is 8.98. The van der Waals surface area contributed by atoms with Crippen LogP contribution in [0.15, 0.2) is 12.7 Å². The summed E-state index contributed by atoms with van der Waals surface area (Å²) in [5.74, 6) is 0. The molecule has 1 fully saturated rings. The van der Waals surface area contributed by atoms with Crippen LogP contribution in [-0.4, -0.2) is 18.9 Å². The standard InChI is InChI=1S/C7H12O4/c1-5-6(2,3)9-7(8-4)10-11-7/h5H,1H2,2-4H3. The van der Waals surface area contributed by atoms with Gasteiger partial charge in [0.15, 0.2) is 0 Å². The molecule has 0 bridgehead atoms. The fraction of sp³-hybridized carbons (Fsp3) is 0.714. The fourth-order valence-electron chi connectivity index (χ4n) is 0.542. The van der Waals surface area contributed by atoms with E-state index in [0.29, 0.717) is 0 Å². The molecule has 64 valence electrons. The van der Waals surface area contributed by atoms with Crippen molar-refractivity contribution in [1.29, 1.82) is 0 Å². The van der Waals surface area contributed by atoms with E-state index in [9.17, 15) is 0 Å². The minimum absolute atomic E-state index is 0.521. The molecule has 1 heterocycles. The van der Waals surface area contributed by atoms with Crippen LogP contribution in [0.2, 0.25) is 0 Å². The highest BCUT2D eigenvalue weighted by Crippen LogP contribution is 2.35. The SMILES string of the molecule is C=CC(C)(C)OC1(OC)OO1. The number of rotatable bonds is 4. The average molecular weight is 160 g/mol. The molecule has 0 aromatic carbocycles.